The minimum Gasteiger partial charge on any atom is -0.335 e. The van der Waals surface area contributed by atoms with Gasteiger partial charge in [0.1, 0.15) is 5.82 Å². The van der Waals surface area contributed by atoms with Crippen LogP contribution in [0.5, 0.6) is 0 Å². The second-order valence-electron chi connectivity index (χ2n) is 6.64. The molecule has 2 rings (SSSR count). The van der Waals surface area contributed by atoms with Crippen LogP contribution in [0.3, 0.4) is 0 Å². The van der Waals surface area contributed by atoms with Crippen LogP contribution in [0.1, 0.15) is 26.7 Å². The lowest BCUT2D eigenvalue weighted by atomic mass is 10.0. The van der Waals surface area contributed by atoms with Crippen molar-refractivity contribution < 1.29 is 9.18 Å². The molecule has 1 aromatic carbocycles. The van der Waals surface area contributed by atoms with Crippen LogP contribution < -0.4 is 16.4 Å². The molecule has 0 unspecified atom stereocenters. The Labute approximate surface area is 143 Å². The quantitative estimate of drug-likeness (QED) is 0.786. The number of amides is 2. The first kappa shape index (κ1) is 19.7. The van der Waals surface area contributed by atoms with Crippen molar-refractivity contribution in [3.8, 4) is 0 Å². The van der Waals surface area contributed by atoms with E-state index in [9.17, 15) is 9.18 Å². The second kappa shape index (κ2) is 8.47. The zero-order chi connectivity index (χ0) is 16.2. The van der Waals surface area contributed by atoms with Crippen LogP contribution in [0.4, 0.5) is 14.9 Å². The molecule has 5 nitrogen and oxygen atoms in total. The highest BCUT2D eigenvalue weighted by Gasteiger charge is 2.24. The standard InChI is InChI=1S/C16H25FN4O.ClH/c1-16(2,18)11-21-9-7-14(8-10-21)20-15(22)19-13-5-3-12(17)4-6-13;/h3-6,14H,7-11,18H2,1-2H3,(H2,19,20,22);1H. The number of hydrogen-bond donors (Lipinski definition) is 3. The van der Waals surface area contributed by atoms with Gasteiger partial charge in [0, 0.05) is 36.9 Å². The first-order valence-corrected chi connectivity index (χ1v) is 7.66. The molecule has 1 heterocycles. The smallest absolute Gasteiger partial charge is 0.319 e. The van der Waals surface area contributed by atoms with Gasteiger partial charge in [0.15, 0.2) is 0 Å². The molecule has 1 aliphatic heterocycles. The molecule has 130 valence electrons. The number of piperidine rings is 1. The fraction of sp³-hybridized carbons (Fsp3) is 0.562. The summed E-state index contributed by atoms with van der Waals surface area (Å²) in [5, 5.41) is 5.68. The third-order valence-electron chi connectivity index (χ3n) is 3.66. The van der Waals surface area contributed by atoms with Gasteiger partial charge in [-0.25, -0.2) is 9.18 Å². The Morgan fingerprint density at radius 2 is 1.87 bits per heavy atom. The zero-order valence-electron chi connectivity index (χ0n) is 13.6. The first-order chi connectivity index (χ1) is 10.3. The Morgan fingerprint density at radius 3 is 2.39 bits per heavy atom. The summed E-state index contributed by atoms with van der Waals surface area (Å²) in [6.07, 6.45) is 1.82. The number of carbonyl (C=O) groups is 1. The number of nitrogens with one attached hydrogen (secondary N) is 2. The Balaban J connectivity index is 0.00000264. The van der Waals surface area contributed by atoms with E-state index in [-0.39, 0.29) is 35.8 Å². The molecule has 2 amide bonds. The van der Waals surface area contributed by atoms with E-state index in [2.05, 4.69) is 15.5 Å². The number of urea groups is 1. The number of nitrogens with zero attached hydrogens (tertiary/aromatic N) is 1. The molecule has 1 aliphatic rings. The van der Waals surface area contributed by atoms with Gasteiger partial charge in [0.05, 0.1) is 0 Å². The molecule has 0 aromatic heterocycles. The van der Waals surface area contributed by atoms with Crippen molar-refractivity contribution in [2.75, 3.05) is 25.0 Å². The van der Waals surface area contributed by atoms with E-state index in [4.69, 9.17) is 5.73 Å². The van der Waals surface area contributed by atoms with Crippen molar-refractivity contribution in [2.24, 2.45) is 5.73 Å². The lowest BCUT2D eigenvalue weighted by Crippen LogP contribution is -2.51. The van der Waals surface area contributed by atoms with E-state index in [0.29, 0.717) is 5.69 Å². The molecule has 0 saturated carbocycles. The van der Waals surface area contributed by atoms with Crippen LogP contribution in [0, 0.1) is 5.82 Å². The number of hydrogen-bond acceptors (Lipinski definition) is 3. The summed E-state index contributed by atoms with van der Waals surface area (Å²) in [5.41, 5.74) is 6.42. The average Bonchev–Trinajstić information content (AvgIpc) is 2.42. The largest absolute Gasteiger partial charge is 0.335 e. The van der Waals surface area contributed by atoms with Crippen molar-refractivity contribution in [3.05, 3.63) is 30.1 Å². The first-order valence-electron chi connectivity index (χ1n) is 7.66. The summed E-state index contributed by atoms with van der Waals surface area (Å²) in [6, 6.07) is 5.65. The van der Waals surface area contributed by atoms with Crippen LogP contribution in [0.25, 0.3) is 0 Å². The van der Waals surface area contributed by atoms with Crippen molar-refractivity contribution in [1.82, 2.24) is 10.2 Å². The molecule has 0 radical (unpaired) electrons. The number of rotatable bonds is 4. The predicted molar refractivity (Wildman–Crippen MR) is 93.5 cm³/mol. The van der Waals surface area contributed by atoms with Gasteiger partial charge in [-0.3, -0.25) is 0 Å². The van der Waals surface area contributed by atoms with E-state index >= 15 is 0 Å². The topological polar surface area (TPSA) is 70.4 Å². The molecule has 0 atom stereocenters. The van der Waals surface area contributed by atoms with Gasteiger partial charge in [-0.2, -0.15) is 0 Å². The molecule has 0 aliphatic carbocycles. The highest BCUT2D eigenvalue weighted by Crippen LogP contribution is 2.13. The average molecular weight is 345 g/mol. The van der Waals surface area contributed by atoms with Crippen molar-refractivity contribution in [3.63, 3.8) is 0 Å². The lowest BCUT2D eigenvalue weighted by molar-refractivity contribution is 0.170. The minimum atomic E-state index is -0.318. The Hall–Kier alpha value is -1.37. The maximum Gasteiger partial charge on any atom is 0.319 e. The third kappa shape index (κ3) is 7.16. The fourth-order valence-corrected chi connectivity index (χ4v) is 2.70. The SMILES string of the molecule is CC(C)(N)CN1CCC(NC(=O)Nc2ccc(F)cc2)CC1.Cl. The Kier molecular flexibility index (Phi) is 7.25. The molecule has 1 saturated heterocycles. The molecule has 1 aromatic rings. The summed E-state index contributed by atoms with van der Waals surface area (Å²) in [5.74, 6) is -0.318. The molecule has 7 heteroatoms. The zero-order valence-corrected chi connectivity index (χ0v) is 14.5. The summed E-state index contributed by atoms with van der Waals surface area (Å²) in [4.78, 5) is 14.3. The fourth-order valence-electron chi connectivity index (χ4n) is 2.70. The summed E-state index contributed by atoms with van der Waals surface area (Å²) in [6.45, 7) is 6.77. The second-order valence-corrected chi connectivity index (χ2v) is 6.64. The van der Waals surface area contributed by atoms with Crippen molar-refractivity contribution in [1.29, 1.82) is 0 Å². The van der Waals surface area contributed by atoms with Gasteiger partial charge in [-0.05, 0) is 51.0 Å². The van der Waals surface area contributed by atoms with Crippen LogP contribution in [-0.4, -0.2) is 42.1 Å². The number of likely N-dealkylation sites (tertiary alicyclic amines) is 1. The molecular weight excluding hydrogens is 319 g/mol. The van der Waals surface area contributed by atoms with Crippen LogP contribution in [0.2, 0.25) is 0 Å². The molecule has 0 spiro atoms. The molecule has 1 fully saturated rings. The van der Waals surface area contributed by atoms with E-state index < -0.39 is 0 Å². The molecule has 0 bridgehead atoms. The summed E-state index contributed by atoms with van der Waals surface area (Å²) < 4.78 is 12.8. The predicted octanol–water partition coefficient (Wildman–Crippen LogP) is 2.57. The Morgan fingerprint density at radius 1 is 1.30 bits per heavy atom. The number of halogens is 2. The summed E-state index contributed by atoms with van der Waals surface area (Å²) >= 11 is 0. The van der Waals surface area contributed by atoms with Gasteiger partial charge in [-0.15, -0.1) is 12.4 Å². The lowest BCUT2D eigenvalue weighted by Gasteiger charge is -2.36. The van der Waals surface area contributed by atoms with Gasteiger partial charge < -0.3 is 21.3 Å². The van der Waals surface area contributed by atoms with E-state index in [1.807, 2.05) is 13.8 Å². The highest BCUT2D eigenvalue weighted by atomic mass is 35.5. The van der Waals surface area contributed by atoms with Gasteiger partial charge in [0.2, 0.25) is 0 Å². The third-order valence-corrected chi connectivity index (χ3v) is 3.66. The molecule has 4 N–H and O–H groups in total. The van der Waals surface area contributed by atoms with Gasteiger partial charge in [-0.1, -0.05) is 0 Å². The van der Waals surface area contributed by atoms with E-state index in [0.717, 1.165) is 32.5 Å². The minimum absolute atomic E-state index is 0. The molecule has 23 heavy (non-hydrogen) atoms. The monoisotopic (exact) mass is 344 g/mol. The number of benzene rings is 1. The van der Waals surface area contributed by atoms with Crippen molar-refractivity contribution >= 4 is 24.1 Å². The van der Waals surface area contributed by atoms with Crippen LogP contribution in [-0.2, 0) is 0 Å². The van der Waals surface area contributed by atoms with Crippen LogP contribution >= 0.6 is 12.4 Å². The highest BCUT2D eigenvalue weighted by molar-refractivity contribution is 5.89. The molecular formula is C16H26ClFN4O. The number of anilines is 1. The van der Waals surface area contributed by atoms with E-state index in [1.165, 1.54) is 12.1 Å². The normalized spacial score (nSPS) is 16.5. The maximum absolute atomic E-state index is 12.8. The van der Waals surface area contributed by atoms with Crippen LogP contribution in [0.15, 0.2) is 24.3 Å². The maximum atomic E-state index is 12.8. The summed E-state index contributed by atoms with van der Waals surface area (Å²) in [7, 11) is 0. The number of nitrogens with two attached hydrogens (primary N) is 1. The van der Waals surface area contributed by atoms with Gasteiger partial charge in [0.25, 0.3) is 0 Å². The number of carbonyl (C=O) groups excluding carboxylic acids is 1. The van der Waals surface area contributed by atoms with E-state index in [1.54, 1.807) is 12.1 Å². The van der Waals surface area contributed by atoms with Crippen molar-refractivity contribution in [2.45, 2.75) is 38.3 Å². The van der Waals surface area contributed by atoms with Gasteiger partial charge >= 0.3 is 6.03 Å². The Bertz CT molecular complexity index is 496.